The van der Waals surface area contributed by atoms with Gasteiger partial charge in [0.2, 0.25) is 11.8 Å². The van der Waals surface area contributed by atoms with Crippen molar-refractivity contribution in [3.05, 3.63) is 36.0 Å². The van der Waals surface area contributed by atoms with Gasteiger partial charge < -0.3 is 14.8 Å². The molecule has 1 aliphatic rings. The molecule has 1 N–H and O–H groups in total. The van der Waals surface area contributed by atoms with Crippen LogP contribution in [-0.2, 0) is 6.18 Å². The van der Waals surface area contributed by atoms with Crippen molar-refractivity contribution >= 4 is 11.6 Å². The largest absolute Gasteiger partial charge is 0.491 e. The number of ether oxygens (including phenoxy) is 2. The zero-order valence-corrected chi connectivity index (χ0v) is 15.1. The van der Waals surface area contributed by atoms with Gasteiger partial charge in [0, 0.05) is 6.20 Å². The molecule has 1 aliphatic carbocycles. The predicted octanol–water partition coefficient (Wildman–Crippen LogP) is 5.35. The Morgan fingerprint density at radius 2 is 1.93 bits per heavy atom. The SMILES string of the molecule is CCCOc1ccccc1Nc1ncc(C(F)(F)F)c(OC2CCCC2)n1. The molecule has 1 aromatic heterocycles. The highest BCUT2D eigenvalue weighted by Crippen LogP contribution is 2.37. The number of hydrogen-bond donors (Lipinski definition) is 1. The number of aromatic nitrogens is 2. The number of nitrogens with zero attached hydrogens (tertiary/aromatic N) is 2. The van der Waals surface area contributed by atoms with Gasteiger partial charge in [0.15, 0.2) is 0 Å². The fourth-order valence-corrected chi connectivity index (χ4v) is 2.90. The molecule has 1 fully saturated rings. The summed E-state index contributed by atoms with van der Waals surface area (Å²) in [5, 5.41) is 2.93. The number of halogens is 3. The van der Waals surface area contributed by atoms with Gasteiger partial charge in [-0.25, -0.2) is 4.98 Å². The number of benzene rings is 1. The van der Waals surface area contributed by atoms with Crippen LogP contribution in [0.25, 0.3) is 0 Å². The highest BCUT2D eigenvalue weighted by Gasteiger charge is 2.37. The van der Waals surface area contributed by atoms with E-state index < -0.39 is 17.6 Å². The van der Waals surface area contributed by atoms with Crippen molar-refractivity contribution in [2.75, 3.05) is 11.9 Å². The van der Waals surface area contributed by atoms with Crippen LogP contribution in [0.3, 0.4) is 0 Å². The number of rotatable bonds is 7. The topological polar surface area (TPSA) is 56.3 Å². The third-order valence-corrected chi connectivity index (χ3v) is 4.23. The first kappa shape index (κ1) is 19.3. The Bertz CT molecular complexity index is 762. The minimum atomic E-state index is -4.57. The number of nitrogens with one attached hydrogen (secondary N) is 1. The Morgan fingerprint density at radius 3 is 2.63 bits per heavy atom. The number of para-hydroxylation sites is 2. The van der Waals surface area contributed by atoms with E-state index in [0.717, 1.165) is 38.3 Å². The summed E-state index contributed by atoms with van der Waals surface area (Å²) in [4.78, 5) is 7.82. The third kappa shape index (κ3) is 5.02. The molecule has 1 saturated carbocycles. The Morgan fingerprint density at radius 1 is 1.19 bits per heavy atom. The van der Waals surface area contributed by atoms with E-state index in [0.29, 0.717) is 18.0 Å². The molecule has 8 heteroatoms. The van der Waals surface area contributed by atoms with Gasteiger partial charge in [0.05, 0.1) is 12.3 Å². The first-order chi connectivity index (χ1) is 13.0. The number of hydrogen-bond acceptors (Lipinski definition) is 5. The highest BCUT2D eigenvalue weighted by atomic mass is 19.4. The summed E-state index contributed by atoms with van der Waals surface area (Å²) in [6.45, 7) is 2.52. The maximum atomic E-state index is 13.3. The Hall–Kier alpha value is -2.51. The lowest BCUT2D eigenvalue weighted by Crippen LogP contribution is -2.18. The Labute approximate surface area is 155 Å². The Kier molecular flexibility index (Phi) is 6.03. The minimum absolute atomic E-state index is 0.0311. The van der Waals surface area contributed by atoms with E-state index in [1.165, 1.54) is 0 Å². The average molecular weight is 381 g/mol. The molecule has 0 atom stereocenters. The van der Waals surface area contributed by atoms with Crippen molar-refractivity contribution in [3.63, 3.8) is 0 Å². The molecule has 27 heavy (non-hydrogen) atoms. The van der Waals surface area contributed by atoms with Crippen LogP contribution in [0, 0.1) is 0 Å². The van der Waals surface area contributed by atoms with Gasteiger partial charge in [0.25, 0.3) is 0 Å². The quantitative estimate of drug-likeness (QED) is 0.701. The third-order valence-electron chi connectivity index (χ3n) is 4.23. The van der Waals surface area contributed by atoms with Crippen LogP contribution in [-0.4, -0.2) is 22.7 Å². The highest BCUT2D eigenvalue weighted by molar-refractivity contribution is 5.62. The molecule has 0 amide bonds. The van der Waals surface area contributed by atoms with E-state index in [-0.39, 0.29) is 12.1 Å². The van der Waals surface area contributed by atoms with Crippen LogP contribution in [0.5, 0.6) is 11.6 Å². The smallest absolute Gasteiger partial charge is 0.423 e. The lowest BCUT2D eigenvalue weighted by atomic mass is 10.3. The molecular formula is C19H22F3N3O2. The fourth-order valence-electron chi connectivity index (χ4n) is 2.90. The van der Waals surface area contributed by atoms with Crippen molar-refractivity contribution in [2.45, 2.75) is 51.3 Å². The molecule has 0 unspecified atom stereocenters. The summed E-state index contributed by atoms with van der Waals surface area (Å²) in [7, 11) is 0. The molecular weight excluding hydrogens is 359 g/mol. The molecule has 1 aromatic carbocycles. The van der Waals surface area contributed by atoms with Crippen molar-refractivity contribution in [2.24, 2.45) is 0 Å². The molecule has 3 rings (SSSR count). The summed E-state index contributed by atoms with van der Waals surface area (Å²) in [5.41, 5.74) is -0.381. The lowest BCUT2D eigenvalue weighted by molar-refractivity contribution is -0.139. The first-order valence-electron chi connectivity index (χ1n) is 9.07. The van der Waals surface area contributed by atoms with E-state index in [9.17, 15) is 13.2 Å². The number of anilines is 2. The standard InChI is InChI=1S/C19H22F3N3O2/c1-2-11-26-16-10-6-5-9-15(16)24-18-23-12-14(19(20,21)22)17(25-18)27-13-7-3-4-8-13/h5-6,9-10,12-13H,2-4,7-8,11H2,1H3,(H,23,24,25). The van der Waals surface area contributed by atoms with Crippen molar-refractivity contribution in [3.8, 4) is 11.6 Å². The Balaban J connectivity index is 1.86. The van der Waals surface area contributed by atoms with Gasteiger partial charge >= 0.3 is 6.18 Å². The van der Waals surface area contributed by atoms with Crippen LogP contribution in [0.15, 0.2) is 30.5 Å². The monoisotopic (exact) mass is 381 g/mol. The average Bonchev–Trinajstić information content (AvgIpc) is 3.13. The van der Waals surface area contributed by atoms with E-state index in [2.05, 4.69) is 15.3 Å². The van der Waals surface area contributed by atoms with Gasteiger partial charge in [0.1, 0.15) is 17.4 Å². The van der Waals surface area contributed by atoms with Crippen molar-refractivity contribution in [1.29, 1.82) is 0 Å². The van der Waals surface area contributed by atoms with Crippen LogP contribution >= 0.6 is 0 Å². The summed E-state index contributed by atoms with van der Waals surface area (Å²) in [6, 6.07) is 7.14. The second kappa shape index (κ2) is 8.45. The van der Waals surface area contributed by atoms with Gasteiger partial charge in [-0.05, 0) is 44.2 Å². The molecule has 0 bridgehead atoms. The molecule has 146 valence electrons. The molecule has 0 saturated heterocycles. The second-order valence-corrected chi connectivity index (χ2v) is 6.40. The molecule has 2 aromatic rings. The van der Waals surface area contributed by atoms with Crippen LogP contribution in [0.1, 0.15) is 44.6 Å². The summed E-state index contributed by atoms with van der Waals surface area (Å²) < 4.78 is 51.1. The zero-order valence-electron chi connectivity index (χ0n) is 15.1. The maximum absolute atomic E-state index is 13.3. The van der Waals surface area contributed by atoms with E-state index in [4.69, 9.17) is 9.47 Å². The minimum Gasteiger partial charge on any atom is -0.491 e. The summed E-state index contributed by atoms with van der Waals surface area (Å²) in [6.07, 6.45) is 0.146. The second-order valence-electron chi connectivity index (χ2n) is 6.40. The normalized spacial score (nSPS) is 15.0. The molecule has 1 heterocycles. The first-order valence-corrected chi connectivity index (χ1v) is 9.07. The van der Waals surface area contributed by atoms with Crippen molar-refractivity contribution < 1.29 is 22.6 Å². The number of alkyl halides is 3. The van der Waals surface area contributed by atoms with Crippen molar-refractivity contribution in [1.82, 2.24) is 9.97 Å². The fraction of sp³-hybridized carbons (Fsp3) is 0.474. The lowest BCUT2D eigenvalue weighted by Gasteiger charge is -2.18. The van der Waals surface area contributed by atoms with E-state index in [1.54, 1.807) is 18.2 Å². The van der Waals surface area contributed by atoms with E-state index >= 15 is 0 Å². The van der Waals surface area contributed by atoms with Gasteiger partial charge in [-0.1, -0.05) is 19.1 Å². The molecule has 0 radical (unpaired) electrons. The van der Waals surface area contributed by atoms with Gasteiger partial charge in [-0.3, -0.25) is 0 Å². The zero-order chi connectivity index (χ0) is 19.3. The van der Waals surface area contributed by atoms with Gasteiger partial charge in [-0.2, -0.15) is 18.2 Å². The molecule has 0 spiro atoms. The predicted molar refractivity (Wildman–Crippen MR) is 95.4 cm³/mol. The van der Waals surface area contributed by atoms with Crippen LogP contribution in [0.2, 0.25) is 0 Å². The van der Waals surface area contributed by atoms with E-state index in [1.807, 2.05) is 13.0 Å². The molecule has 5 nitrogen and oxygen atoms in total. The maximum Gasteiger partial charge on any atom is 0.423 e. The summed E-state index contributed by atoms with van der Waals surface area (Å²) in [5.74, 6) is 0.184. The molecule has 0 aliphatic heterocycles. The van der Waals surface area contributed by atoms with Crippen LogP contribution in [0.4, 0.5) is 24.8 Å². The van der Waals surface area contributed by atoms with Gasteiger partial charge in [-0.15, -0.1) is 0 Å². The summed E-state index contributed by atoms with van der Waals surface area (Å²) >= 11 is 0. The van der Waals surface area contributed by atoms with Crippen LogP contribution < -0.4 is 14.8 Å².